The van der Waals surface area contributed by atoms with E-state index in [9.17, 15) is 4.79 Å². The van der Waals surface area contributed by atoms with Gasteiger partial charge >= 0.3 is 0 Å². The highest BCUT2D eigenvalue weighted by molar-refractivity contribution is 7.95. The molecular weight excluding hydrogens is 424 g/mol. The fraction of sp³-hybridized carbons (Fsp3) is 0.304. The summed E-state index contributed by atoms with van der Waals surface area (Å²) in [6, 6.07) is 10.5. The molecule has 0 saturated carbocycles. The first-order valence-corrected chi connectivity index (χ1v) is 11.3. The zero-order chi connectivity index (χ0) is 23.8. The van der Waals surface area contributed by atoms with Crippen LogP contribution < -0.4 is 26.6 Å². The second kappa shape index (κ2) is 11.6. The molecule has 0 aliphatic heterocycles. The van der Waals surface area contributed by atoms with Crippen molar-refractivity contribution in [3.63, 3.8) is 0 Å². The fourth-order valence-corrected chi connectivity index (χ4v) is 3.64. The maximum Gasteiger partial charge on any atom is 0.257 e. The zero-order valence-electron chi connectivity index (χ0n) is 18.9. The highest BCUT2D eigenvalue weighted by Gasteiger charge is 2.23. The molecule has 0 fully saturated rings. The lowest BCUT2D eigenvalue weighted by molar-refractivity contribution is -0.120. The van der Waals surface area contributed by atoms with E-state index < -0.39 is 6.04 Å². The molecule has 0 aliphatic carbocycles. The Balaban J connectivity index is 0.00000176. The van der Waals surface area contributed by atoms with E-state index in [0.29, 0.717) is 18.5 Å². The molecule has 0 spiro atoms. The first-order valence-electron chi connectivity index (χ1n) is 10.4. The van der Waals surface area contributed by atoms with Crippen LogP contribution in [0.2, 0.25) is 0 Å². The highest BCUT2D eigenvalue weighted by atomic mass is 32.2. The Morgan fingerprint density at radius 1 is 1.16 bits per heavy atom. The van der Waals surface area contributed by atoms with E-state index in [-0.39, 0.29) is 11.7 Å². The summed E-state index contributed by atoms with van der Waals surface area (Å²) in [6.45, 7) is 8.34. The quantitative estimate of drug-likeness (QED) is 0.172. The van der Waals surface area contributed by atoms with Crippen molar-refractivity contribution < 1.29 is 9.21 Å². The number of amides is 1. The third-order valence-electron chi connectivity index (χ3n) is 4.86. The minimum atomic E-state index is -0.682. The number of anilines is 1. The molecule has 0 saturated heterocycles. The number of carbonyl (C=O) groups excluding carboxylic acids is 1. The summed E-state index contributed by atoms with van der Waals surface area (Å²) in [6.07, 6.45) is 0.650. The minimum Gasteiger partial charge on any atom is -0.461 e. The average Bonchev–Trinajstić information content (AvgIpc) is 3.17. The number of carbonyl (C=O) groups is 1. The van der Waals surface area contributed by atoms with Gasteiger partial charge in [0.1, 0.15) is 23.2 Å². The third kappa shape index (κ3) is 5.82. The number of fused-ring (bicyclic) bond motifs is 1. The number of furan rings is 1. The number of nitrogen functional groups attached to an aromatic ring is 1. The normalized spacial score (nSPS) is 11.4. The second-order valence-corrected chi connectivity index (χ2v) is 7.55. The summed E-state index contributed by atoms with van der Waals surface area (Å²) in [7, 11) is 0. The average molecular weight is 457 g/mol. The molecule has 9 N–H and O–H groups in total. The summed E-state index contributed by atoms with van der Waals surface area (Å²) in [5.41, 5.74) is 16.0. The molecule has 8 nitrogen and oxygen atoms in total. The van der Waals surface area contributed by atoms with Gasteiger partial charge in [0, 0.05) is 35.2 Å². The van der Waals surface area contributed by atoms with E-state index in [1.165, 1.54) is 0 Å². The van der Waals surface area contributed by atoms with Gasteiger partial charge in [-0.25, -0.2) is 0 Å². The van der Waals surface area contributed by atoms with Gasteiger partial charge in [0.2, 0.25) is 0 Å². The van der Waals surface area contributed by atoms with Crippen LogP contribution in [0.4, 0.5) is 5.69 Å². The van der Waals surface area contributed by atoms with Crippen LogP contribution in [0.1, 0.15) is 47.9 Å². The lowest BCUT2D eigenvalue weighted by Gasteiger charge is -2.21. The van der Waals surface area contributed by atoms with E-state index in [2.05, 4.69) is 10.0 Å². The molecular formula is C23H32N6O2S. The largest absolute Gasteiger partial charge is 0.461 e. The number of rotatable bonds is 8. The summed E-state index contributed by atoms with van der Waals surface area (Å²) in [5.74, 6) is 0.532. The van der Waals surface area contributed by atoms with Gasteiger partial charge in [-0.05, 0) is 73.5 Å². The molecule has 1 atom stereocenters. The molecule has 3 aromatic rings. The van der Waals surface area contributed by atoms with E-state index in [1.807, 2.05) is 52.0 Å². The number of hydrogen-bond donors (Lipinski definition) is 6. The molecule has 172 valence electrons. The first kappa shape index (κ1) is 25.3. The fourth-order valence-electron chi connectivity index (χ4n) is 3.41. The Morgan fingerprint density at radius 3 is 2.47 bits per heavy atom. The summed E-state index contributed by atoms with van der Waals surface area (Å²) >= 11 is 0.756. The Hall–Kier alpha value is -3.01. The van der Waals surface area contributed by atoms with Crippen LogP contribution in [0, 0.1) is 19.3 Å². The maximum absolute atomic E-state index is 12.8. The standard InChI is InChI=1S/C21H26N6O2S.C2H6/c1-11-7-13(20(23)24)3-4-17(11)26-18(21(28)27-30-25)14-8-12(2)19-15(9-14)10-16(29-19)5-6-22;1-2/h3-4,7-10,18,26H,5-6,22,25H2,1-2H3,(H3,23,24)(H,27,28);1-2H3. The number of nitrogens with one attached hydrogen (secondary N) is 3. The highest BCUT2D eigenvalue weighted by Crippen LogP contribution is 2.30. The number of amidine groups is 1. The first-order chi connectivity index (χ1) is 15.3. The lowest BCUT2D eigenvalue weighted by atomic mass is 10.00. The number of benzene rings is 2. The van der Waals surface area contributed by atoms with Crippen molar-refractivity contribution in [1.29, 1.82) is 5.41 Å². The van der Waals surface area contributed by atoms with Crippen LogP contribution in [0.5, 0.6) is 0 Å². The van der Waals surface area contributed by atoms with Gasteiger partial charge in [-0.15, -0.1) is 0 Å². The lowest BCUT2D eigenvalue weighted by Crippen LogP contribution is -2.30. The summed E-state index contributed by atoms with van der Waals surface area (Å²) in [4.78, 5) is 12.8. The van der Waals surface area contributed by atoms with Gasteiger partial charge < -0.3 is 21.2 Å². The Kier molecular flexibility index (Phi) is 9.13. The molecule has 3 rings (SSSR count). The van der Waals surface area contributed by atoms with Crippen LogP contribution in [-0.4, -0.2) is 18.3 Å². The van der Waals surface area contributed by atoms with Crippen molar-refractivity contribution in [3.8, 4) is 0 Å². The topological polar surface area (TPSA) is 156 Å². The third-order valence-corrected chi connectivity index (χ3v) is 5.18. The van der Waals surface area contributed by atoms with Gasteiger partial charge in [-0.1, -0.05) is 13.8 Å². The van der Waals surface area contributed by atoms with Gasteiger partial charge in [0.15, 0.2) is 0 Å². The van der Waals surface area contributed by atoms with Crippen LogP contribution in [0.3, 0.4) is 0 Å². The van der Waals surface area contributed by atoms with Gasteiger partial charge in [-0.3, -0.25) is 20.1 Å². The molecule has 1 amide bonds. The Morgan fingerprint density at radius 2 is 1.88 bits per heavy atom. The minimum absolute atomic E-state index is 0.00667. The van der Waals surface area contributed by atoms with Gasteiger partial charge in [0.25, 0.3) is 5.91 Å². The van der Waals surface area contributed by atoms with Crippen molar-refractivity contribution in [2.75, 3.05) is 11.9 Å². The van der Waals surface area contributed by atoms with Crippen LogP contribution >= 0.6 is 12.1 Å². The van der Waals surface area contributed by atoms with Crippen molar-refractivity contribution in [1.82, 2.24) is 4.72 Å². The van der Waals surface area contributed by atoms with E-state index in [1.54, 1.807) is 12.1 Å². The van der Waals surface area contributed by atoms with Crippen molar-refractivity contribution >= 4 is 40.5 Å². The number of aryl methyl sites for hydroxylation is 2. The molecule has 9 heteroatoms. The van der Waals surface area contributed by atoms with E-state index >= 15 is 0 Å². The van der Waals surface area contributed by atoms with Crippen molar-refractivity contribution in [2.24, 2.45) is 16.6 Å². The SMILES string of the molecule is CC.Cc1cc(C(=N)N)ccc1NC(C(=O)NSN)c1cc(C)c2oc(CCN)cc2c1. The molecule has 1 unspecified atom stereocenters. The summed E-state index contributed by atoms with van der Waals surface area (Å²) in [5, 5.41) is 17.3. The van der Waals surface area contributed by atoms with E-state index in [0.717, 1.165) is 51.2 Å². The van der Waals surface area contributed by atoms with Gasteiger partial charge in [-0.2, -0.15) is 0 Å². The smallest absolute Gasteiger partial charge is 0.257 e. The second-order valence-electron chi connectivity index (χ2n) is 7.11. The van der Waals surface area contributed by atoms with Crippen LogP contribution in [-0.2, 0) is 11.2 Å². The monoisotopic (exact) mass is 456 g/mol. The number of nitrogens with two attached hydrogens (primary N) is 3. The molecule has 0 radical (unpaired) electrons. The molecule has 0 bridgehead atoms. The van der Waals surface area contributed by atoms with Crippen molar-refractivity contribution in [2.45, 2.75) is 40.2 Å². The summed E-state index contributed by atoms with van der Waals surface area (Å²) < 4.78 is 8.50. The van der Waals surface area contributed by atoms with Gasteiger partial charge in [0.05, 0.1) is 0 Å². The molecule has 1 aromatic heterocycles. The predicted molar refractivity (Wildman–Crippen MR) is 134 cm³/mol. The Bertz CT molecular complexity index is 1100. The van der Waals surface area contributed by atoms with E-state index in [4.69, 9.17) is 26.4 Å². The molecule has 1 heterocycles. The molecule has 2 aromatic carbocycles. The van der Waals surface area contributed by atoms with Crippen LogP contribution in [0.15, 0.2) is 40.8 Å². The Labute approximate surface area is 193 Å². The molecule has 32 heavy (non-hydrogen) atoms. The predicted octanol–water partition coefficient (Wildman–Crippen LogP) is 3.65. The van der Waals surface area contributed by atoms with Crippen molar-refractivity contribution in [3.05, 3.63) is 64.4 Å². The zero-order valence-corrected chi connectivity index (χ0v) is 19.7. The number of hydrogen-bond acceptors (Lipinski definition) is 7. The maximum atomic E-state index is 12.8. The molecule has 0 aliphatic rings. The van der Waals surface area contributed by atoms with Crippen LogP contribution in [0.25, 0.3) is 11.0 Å².